The van der Waals surface area contributed by atoms with Crippen LogP contribution in [0.5, 0.6) is 0 Å². The van der Waals surface area contributed by atoms with E-state index in [9.17, 15) is 9.59 Å². The number of nitrogens with one attached hydrogen (secondary N) is 1. The normalized spacial score (nSPS) is 10.7. The molecule has 2 aromatic rings. The smallest absolute Gasteiger partial charge is 0.335 e. The van der Waals surface area contributed by atoms with Crippen molar-refractivity contribution >= 4 is 18.1 Å². The Morgan fingerprint density at radius 1 is 1.00 bits per heavy atom. The number of carbonyl (C=O) groups is 2. The third-order valence-corrected chi connectivity index (χ3v) is 3.49. The summed E-state index contributed by atoms with van der Waals surface area (Å²) >= 11 is 0. The number of aromatic carboxylic acids is 1. The molecule has 0 fully saturated rings. The lowest BCUT2D eigenvalue weighted by atomic mass is 10.0. The molecule has 2 aromatic carbocycles. The van der Waals surface area contributed by atoms with Gasteiger partial charge in [0.15, 0.2) is 0 Å². The van der Waals surface area contributed by atoms with E-state index < -0.39 is 5.97 Å². The van der Waals surface area contributed by atoms with Crippen LogP contribution in [0, 0.1) is 20.8 Å². The summed E-state index contributed by atoms with van der Waals surface area (Å²) in [5, 5.41) is 12.8. The molecule has 0 spiro atoms. The van der Waals surface area contributed by atoms with Crippen LogP contribution in [0.2, 0.25) is 0 Å². The average Bonchev–Trinajstić information content (AvgIpc) is 2.49. The van der Waals surface area contributed by atoms with Crippen LogP contribution < -0.4 is 5.43 Å². The second-order valence-electron chi connectivity index (χ2n) is 5.39. The summed E-state index contributed by atoms with van der Waals surface area (Å²) in [5.74, 6) is -1.42. The first kappa shape index (κ1) is 16.4. The van der Waals surface area contributed by atoms with E-state index >= 15 is 0 Å². The number of carboxylic acid groups (broad SMARTS) is 1. The van der Waals surface area contributed by atoms with Gasteiger partial charge in [-0.25, -0.2) is 10.2 Å². The highest BCUT2D eigenvalue weighted by Crippen LogP contribution is 2.14. The predicted molar refractivity (Wildman–Crippen MR) is 89.1 cm³/mol. The SMILES string of the molecule is Cc1cc(C)c(C=NNC(=O)c2ccc(C(=O)O)cc2)c(C)c1. The van der Waals surface area contributed by atoms with Crippen molar-refractivity contribution in [2.75, 3.05) is 0 Å². The fraction of sp³-hybridized carbons (Fsp3) is 0.167. The Morgan fingerprint density at radius 3 is 2.04 bits per heavy atom. The summed E-state index contributed by atoms with van der Waals surface area (Å²) in [4.78, 5) is 22.7. The van der Waals surface area contributed by atoms with Gasteiger partial charge in [0, 0.05) is 11.1 Å². The minimum atomic E-state index is -1.03. The van der Waals surface area contributed by atoms with Crippen LogP contribution in [-0.4, -0.2) is 23.2 Å². The lowest BCUT2D eigenvalue weighted by molar-refractivity contribution is 0.0696. The van der Waals surface area contributed by atoms with E-state index in [4.69, 9.17) is 5.11 Å². The molecular formula is C18H18N2O3. The lowest BCUT2D eigenvalue weighted by Crippen LogP contribution is -2.17. The molecule has 118 valence electrons. The number of nitrogens with zero attached hydrogens (tertiary/aromatic N) is 1. The maximum absolute atomic E-state index is 12.0. The van der Waals surface area contributed by atoms with Crippen molar-refractivity contribution < 1.29 is 14.7 Å². The van der Waals surface area contributed by atoms with Gasteiger partial charge in [0.05, 0.1) is 11.8 Å². The van der Waals surface area contributed by atoms with Gasteiger partial charge in [-0.15, -0.1) is 0 Å². The Labute approximate surface area is 134 Å². The lowest BCUT2D eigenvalue weighted by Gasteiger charge is -2.06. The molecule has 0 saturated heterocycles. The Balaban J connectivity index is 2.08. The maximum Gasteiger partial charge on any atom is 0.335 e. The minimum absolute atomic E-state index is 0.135. The summed E-state index contributed by atoms with van der Waals surface area (Å²) in [7, 11) is 0. The number of hydrazone groups is 1. The van der Waals surface area contributed by atoms with E-state index in [0.29, 0.717) is 5.56 Å². The predicted octanol–water partition coefficient (Wildman–Crippen LogP) is 3.07. The van der Waals surface area contributed by atoms with E-state index in [2.05, 4.69) is 22.7 Å². The fourth-order valence-electron chi connectivity index (χ4n) is 2.38. The topological polar surface area (TPSA) is 78.8 Å². The van der Waals surface area contributed by atoms with E-state index in [1.807, 2.05) is 20.8 Å². The van der Waals surface area contributed by atoms with Crippen LogP contribution in [0.4, 0.5) is 0 Å². The maximum atomic E-state index is 12.0. The van der Waals surface area contributed by atoms with Crippen molar-refractivity contribution in [3.05, 3.63) is 69.8 Å². The first-order chi connectivity index (χ1) is 10.9. The van der Waals surface area contributed by atoms with Crippen molar-refractivity contribution in [1.82, 2.24) is 5.43 Å². The average molecular weight is 310 g/mol. The second kappa shape index (κ2) is 6.87. The summed E-state index contributed by atoms with van der Waals surface area (Å²) in [6.07, 6.45) is 1.62. The van der Waals surface area contributed by atoms with Gasteiger partial charge in [-0.05, 0) is 56.2 Å². The molecule has 5 heteroatoms. The Bertz CT molecular complexity index is 754. The van der Waals surface area contributed by atoms with E-state index in [-0.39, 0.29) is 11.5 Å². The Morgan fingerprint density at radius 2 is 1.52 bits per heavy atom. The third kappa shape index (κ3) is 4.03. The molecule has 2 rings (SSSR count). The van der Waals surface area contributed by atoms with Crippen LogP contribution in [0.15, 0.2) is 41.5 Å². The van der Waals surface area contributed by atoms with Crippen LogP contribution >= 0.6 is 0 Å². The van der Waals surface area contributed by atoms with Crippen molar-refractivity contribution in [3.8, 4) is 0 Å². The minimum Gasteiger partial charge on any atom is -0.478 e. The molecule has 2 N–H and O–H groups in total. The van der Waals surface area contributed by atoms with Gasteiger partial charge in [0.2, 0.25) is 0 Å². The molecule has 0 aliphatic carbocycles. The number of aryl methyl sites for hydroxylation is 3. The summed E-state index contributed by atoms with van der Waals surface area (Å²) in [6.45, 7) is 6.02. The van der Waals surface area contributed by atoms with Gasteiger partial charge >= 0.3 is 5.97 Å². The molecule has 0 bridgehead atoms. The molecule has 23 heavy (non-hydrogen) atoms. The van der Waals surface area contributed by atoms with Gasteiger partial charge in [-0.1, -0.05) is 17.7 Å². The quantitative estimate of drug-likeness (QED) is 0.673. The molecule has 0 heterocycles. The molecule has 0 radical (unpaired) electrons. The third-order valence-electron chi connectivity index (χ3n) is 3.49. The van der Waals surface area contributed by atoms with Gasteiger partial charge in [0.25, 0.3) is 5.91 Å². The van der Waals surface area contributed by atoms with Crippen molar-refractivity contribution in [1.29, 1.82) is 0 Å². The monoisotopic (exact) mass is 310 g/mol. The van der Waals surface area contributed by atoms with Crippen molar-refractivity contribution in [3.63, 3.8) is 0 Å². The number of carbonyl (C=O) groups excluding carboxylic acids is 1. The Kier molecular flexibility index (Phi) is 4.91. The number of benzene rings is 2. The molecule has 0 saturated carbocycles. The number of carboxylic acids is 1. The number of hydrogen-bond acceptors (Lipinski definition) is 3. The molecule has 5 nitrogen and oxygen atoms in total. The standard InChI is InChI=1S/C18H18N2O3/c1-11-8-12(2)16(13(3)9-11)10-19-20-17(21)14-4-6-15(7-5-14)18(22)23/h4-10H,1-3H3,(H,20,21)(H,22,23). The second-order valence-corrected chi connectivity index (χ2v) is 5.39. The molecule has 0 aromatic heterocycles. The molecular weight excluding hydrogens is 292 g/mol. The van der Waals surface area contributed by atoms with Crippen LogP contribution in [-0.2, 0) is 0 Å². The summed E-state index contributed by atoms with van der Waals surface area (Å²) < 4.78 is 0. The van der Waals surface area contributed by atoms with E-state index in [0.717, 1.165) is 16.7 Å². The van der Waals surface area contributed by atoms with Crippen molar-refractivity contribution in [2.24, 2.45) is 5.10 Å². The fourth-order valence-corrected chi connectivity index (χ4v) is 2.38. The zero-order valence-corrected chi connectivity index (χ0v) is 13.3. The molecule has 0 aliphatic rings. The Hall–Kier alpha value is -2.95. The highest BCUT2D eigenvalue weighted by molar-refractivity contribution is 5.96. The summed E-state index contributed by atoms with van der Waals surface area (Å²) in [6, 6.07) is 9.79. The molecule has 1 amide bonds. The van der Waals surface area contributed by atoms with Crippen molar-refractivity contribution in [2.45, 2.75) is 20.8 Å². The van der Waals surface area contributed by atoms with Crippen LogP contribution in [0.25, 0.3) is 0 Å². The van der Waals surface area contributed by atoms with Crippen LogP contribution in [0.1, 0.15) is 43.0 Å². The van der Waals surface area contributed by atoms with Gasteiger partial charge in [-0.2, -0.15) is 5.10 Å². The molecule has 0 unspecified atom stereocenters. The highest BCUT2D eigenvalue weighted by atomic mass is 16.4. The molecule has 0 atom stereocenters. The zero-order chi connectivity index (χ0) is 17.0. The number of rotatable bonds is 4. The van der Waals surface area contributed by atoms with E-state index in [1.54, 1.807) is 6.21 Å². The molecule has 0 aliphatic heterocycles. The highest BCUT2D eigenvalue weighted by Gasteiger charge is 2.07. The van der Waals surface area contributed by atoms with E-state index in [1.165, 1.54) is 29.8 Å². The van der Waals surface area contributed by atoms with Gasteiger partial charge in [0.1, 0.15) is 0 Å². The zero-order valence-electron chi connectivity index (χ0n) is 13.3. The number of amides is 1. The first-order valence-corrected chi connectivity index (χ1v) is 7.13. The summed E-state index contributed by atoms with van der Waals surface area (Å²) in [5.41, 5.74) is 7.26. The first-order valence-electron chi connectivity index (χ1n) is 7.13. The number of hydrogen-bond donors (Lipinski definition) is 2. The largest absolute Gasteiger partial charge is 0.478 e. The van der Waals surface area contributed by atoms with Crippen LogP contribution in [0.3, 0.4) is 0 Å². The van der Waals surface area contributed by atoms with Gasteiger partial charge in [-0.3, -0.25) is 4.79 Å². The van der Waals surface area contributed by atoms with Gasteiger partial charge < -0.3 is 5.11 Å².